The topological polar surface area (TPSA) is 78.7 Å². The van der Waals surface area contributed by atoms with Gasteiger partial charge in [-0.05, 0) is 37.8 Å². The van der Waals surface area contributed by atoms with Crippen LogP contribution in [0.4, 0.5) is 4.79 Å². The number of pyridine rings is 1. The molecule has 3 amide bonds. The maximum Gasteiger partial charge on any atom is 0.317 e. The first-order valence-corrected chi connectivity index (χ1v) is 8.74. The Morgan fingerprint density at radius 1 is 1.28 bits per heavy atom. The van der Waals surface area contributed by atoms with Crippen molar-refractivity contribution in [2.24, 2.45) is 5.92 Å². The van der Waals surface area contributed by atoms with Gasteiger partial charge in [-0.3, -0.25) is 4.79 Å². The monoisotopic (exact) mass is 343 g/mol. The Bertz CT molecular complexity index is 762. The number of piperidine rings is 1. The third-order valence-corrected chi connectivity index (χ3v) is 4.82. The summed E-state index contributed by atoms with van der Waals surface area (Å²) in [6.45, 7) is 3.83. The Morgan fingerprint density at radius 3 is 2.72 bits per heavy atom. The normalized spacial score (nSPS) is 15.4. The molecule has 0 unspecified atom stereocenters. The molecule has 1 saturated heterocycles. The first kappa shape index (κ1) is 17.3. The number of carbonyl (C=O) groups is 2. The number of carbonyl (C=O) groups excluding carboxylic acids is 2. The van der Waals surface area contributed by atoms with E-state index in [0.29, 0.717) is 32.0 Å². The lowest BCUT2D eigenvalue weighted by molar-refractivity contribution is -0.121. The van der Waals surface area contributed by atoms with Gasteiger partial charge in [0, 0.05) is 38.4 Å². The second kappa shape index (κ2) is 7.55. The van der Waals surface area contributed by atoms with E-state index < -0.39 is 0 Å². The van der Waals surface area contributed by atoms with Crippen LogP contribution in [-0.4, -0.2) is 46.4 Å². The fraction of sp³-hybridized carbons (Fsp3) is 0.500. The third kappa shape index (κ3) is 4.10. The summed E-state index contributed by atoms with van der Waals surface area (Å²) in [5, 5.41) is 5.61. The maximum atomic E-state index is 12.3. The number of hydrogen-bond acceptors (Lipinski definition) is 3. The second-order valence-corrected chi connectivity index (χ2v) is 6.59. The zero-order chi connectivity index (χ0) is 17.8. The highest BCUT2D eigenvalue weighted by molar-refractivity contribution is 5.76. The van der Waals surface area contributed by atoms with Crippen molar-refractivity contribution in [1.82, 2.24) is 24.9 Å². The lowest BCUT2D eigenvalue weighted by atomic mass is 9.93. The Labute approximate surface area is 147 Å². The Hall–Kier alpha value is -2.57. The molecular weight excluding hydrogens is 318 g/mol. The molecule has 2 aromatic rings. The molecule has 0 saturated carbocycles. The summed E-state index contributed by atoms with van der Waals surface area (Å²) < 4.78 is 2.02. The minimum atomic E-state index is -0.0628. The van der Waals surface area contributed by atoms with Gasteiger partial charge in [0.2, 0.25) is 5.91 Å². The van der Waals surface area contributed by atoms with Gasteiger partial charge < -0.3 is 19.9 Å². The molecule has 0 aliphatic carbocycles. The molecule has 0 bridgehead atoms. The standard InChI is InChI=1S/C18H25N5O2/c1-13-4-3-5-16-21-15(12-23(13)16)11-20-18(25)22-8-6-14(7-9-22)10-17(24)19-2/h3-5,12,14H,6-11H2,1-2H3,(H,19,24)(H,20,25). The number of imidazole rings is 1. The van der Waals surface area contributed by atoms with Gasteiger partial charge in [-0.1, -0.05) is 6.07 Å². The van der Waals surface area contributed by atoms with E-state index in [2.05, 4.69) is 15.6 Å². The van der Waals surface area contributed by atoms with E-state index in [1.54, 1.807) is 7.05 Å². The van der Waals surface area contributed by atoms with Crippen LogP contribution in [0.2, 0.25) is 0 Å². The summed E-state index contributed by atoms with van der Waals surface area (Å²) in [5.41, 5.74) is 2.84. The number of fused-ring (bicyclic) bond motifs is 1. The van der Waals surface area contributed by atoms with Crippen LogP contribution in [0, 0.1) is 12.8 Å². The van der Waals surface area contributed by atoms with Gasteiger partial charge in [-0.2, -0.15) is 0 Å². The number of likely N-dealkylation sites (tertiary alicyclic amines) is 1. The van der Waals surface area contributed by atoms with E-state index in [4.69, 9.17) is 0 Å². The number of nitrogens with one attached hydrogen (secondary N) is 2. The van der Waals surface area contributed by atoms with Gasteiger partial charge in [0.1, 0.15) is 5.65 Å². The number of hydrogen-bond donors (Lipinski definition) is 2. The van der Waals surface area contributed by atoms with Crippen LogP contribution in [0.25, 0.3) is 5.65 Å². The summed E-state index contributed by atoms with van der Waals surface area (Å²) in [7, 11) is 1.66. The average molecular weight is 343 g/mol. The Balaban J connectivity index is 1.49. The van der Waals surface area contributed by atoms with Crippen LogP contribution in [0.5, 0.6) is 0 Å². The van der Waals surface area contributed by atoms with E-state index in [1.807, 2.05) is 40.6 Å². The van der Waals surface area contributed by atoms with Crippen LogP contribution in [-0.2, 0) is 11.3 Å². The van der Waals surface area contributed by atoms with Gasteiger partial charge in [0.05, 0.1) is 12.2 Å². The smallest absolute Gasteiger partial charge is 0.317 e. The highest BCUT2D eigenvalue weighted by Crippen LogP contribution is 2.20. The highest BCUT2D eigenvalue weighted by Gasteiger charge is 2.24. The van der Waals surface area contributed by atoms with Gasteiger partial charge in [-0.15, -0.1) is 0 Å². The van der Waals surface area contributed by atoms with Crippen molar-refractivity contribution >= 4 is 17.6 Å². The number of amides is 3. The first-order chi connectivity index (χ1) is 12.1. The number of rotatable bonds is 4. The van der Waals surface area contributed by atoms with E-state index in [1.165, 1.54) is 0 Å². The van der Waals surface area contributed by atoms with Gasteiger partial charge >= 0.3 is 6.03 Å². The molecular formula is C18H25N5O2. The van der Waals surface area contributed by atoms with Crippen LogP contribution in [0.1, 0.15) is 30.7 Å². The number of aryl methyl sites for hydroxylation is 1. The number of nitrogens with zero attached hydrogens (tertiary/aromatic N) is 3. The van der Waals surface area contributed by atoms with Crippen LogP contribution in [0.3, 0.4) is 0 Å². The first-order valence-electron chi connectivity index (χ1n) is 8.74. The van der Waals surface area contributed by atoms with Crippen molar-refractivity contribution < 1.29 is 9.59 Å². The largest absolute Gasteiger partial charge is 0.359 e. The molecule has 1 aliphatic rings. The molecule has 3 rings (SSSR count). The lowest BCUT2D eigenvalue weighted by Gasteiger charge is -2.31. The minimum Gasteiger partial charge on any atom is -0.359 e. The zero-order valence-corrected chi connectivity index (χ0v) is 14.8. The summed E-state index contributed by atoms with van der Waals surface area (Å²) in [4.78, 5) is 30.1. The molecule has 1 fully saturated rings. The second-order valence-electron chi connectivity index (χ2n) is 6.59. The van der Waals surface area contributed by atoms with Crippen molar-refractivity contribution in [3.05, 3.63) is 35.8 Å². The fourth-order valence-corrected chi connectivity index (χ4v) is 3.27. The molecule has 0 atom stereocenters. The molecule has 2 aromatic heterocycles. The molecule has 0 spiro atoms. The number of aromatic nitrogens is 2. The van der Waals surface area contributed by atoms with E-state index in [0.717, 1.165) is 29.9 Å². The minimum absolute atomic E-state index is 0.0628. The average Bonchev–Trinajstić information content (AvgIpc) is 3.05. The van der Waals surface area contributed by atoms with Gasteiger partial charge in [0.25, 0.3) is 0 Å². The van der Waals surface area contributed by atoms with Crippen molar-refractivity contribution in [2.75, 3.05) is 20.1 Å². The maximum absolute atomic E-state index is 12.3. The van der Waals surface area contributed by atoms with Gasteiger partial charge in [-0.25, -0.2) is 9.78 Å². The van der Waals surface area contributed by atoms with E-state index in [9.17, 15) is 9.59 Å². The van der Waals surface area contributed by atoms with Crippen molar-refractivity contribution in [3.63, 3.8) is 0 Å². The predicted molar refractivity (Wildman–Crippen MR) is 95.1 cm³/mol. The molecule has 7 nitrogen and oxygen atoms in total. The van der Waals surface area contributed by atoms with Crippen LogP contribution in [0.15, 0.2) is 24.4 Å². The summed E-state index contributed by atoms with van der Waals surface area (Å²) in [6, 6.07) is 5.89. The summed E-state index contributed by atoms with van der Waals surface area (Å²) in [5.74, 6) is 0.440. The molecule has 7 heteroatoms. The summed E-state index contributed by atoms with van der Waals surface area (Å²) in [6.07, 6.45) is 4.25. The number of urea groups is 1. The quantitative estimate of drug-likeness (QED) is 0.887. The molecule has 1 aliphatic heterocycles. The fourth-order valence-electron chi connectivity index (χ4n) is 3.27. The van der Waals surface area contributed by atoms with E-state index >= 15 is 0 Å². The van der Waals surface area contributed by atoms with Gasteiger partial charge in [0.15, 0.2) is 0 Å². The third-order valence-electron chi connectivity index (χ3n) is 4.82. The van der Waals surface area contributed by atoms with Crippen LogP contribution >= 0.6 is 0 Å². The van der Waals surface area contributed by atoms with Crippen molar-refractivity contribution in [1.29, 1.82) is 0 Å². The summed E-state index contributed by atoms with van der Waals surface area (Å²) >= 11 is 0. The molecule has 0 aromatic carbocycles. The molecule has 25 heavy (non-hydrogen) atoms. The highest BCUT2D eigenvalue weighted by atomic mass is 16.2. The molecule has 2 N–H and O–H groups in total. The molecule has 0 radical (unpaired) electrons. The van der Waals surface area contributed by atoms with Crippen molar-refractivity contribution in [3.8, 4) is 0 Å². The SMILES string of the molecule is CNC(=O)CC1CCN(C(=O)NCc2cn3c(C)cccc3n2)CC1. The molecule has 134 valence electrons. The predicted octanol–water partition coefficient (Wildman–Crippen LogP) is 1.70. The Morgan fingerprint density at radius 2 is 2.04 bits per heavy atom. The van der Waals surface area contributed by atoms with E-state index in [-0.39, 0.29) is 11.9 Å². The Kier molecular flexibility index (Phi) is 5.21. The zero-order valence-electron chi connectivity index (χ0n) is 14.8. The van der Waals surface area contributed by atoms with Crippen molar-refractivity contribution in [2.45, 2.75) is 32.7 Å². The lowest BCUT2D eigenvalue weighted by Crippen LogP contribution is -2.44. The molecule has 3 heterocycles. The van der Waals surface area contributed by atoms with Crippen LogP contribution < -0.4 is 10.6 Å².